The number of halogens is 1. The van der Waals surface area contributed by atoms with Crippen LogP contribution in [0.4, 0.5) is 0 Å². The molecule has 0 aliphatic carbocycles. The Kier molecular flexibility index (Phi) is 6.72. The molecule has 0 heterocycles. The van der Waals surface area contributed by atoms with E-state index in [-0.39, 0.29) is 5.92 Å². The minimum atomic E-state index is -0.414. The summed E-state index contributed by atoms with van der Waals surface area (Å²) in [5, 5.41) is 0.512. The minimum absolute atomic E-state index is 0.174. The predicted molar refractivity (Wildman–Crippen MR) is 82.2 cm³/mol. The van der Waals surface area contributed by atoms with Crippen LogP contribution in [0.15, 0.2) is 36.0 Å². The normalized spacial score (nSPS) is 17.1. The van der Waals surface area contributed by atoms with Gasteiger partial charge in [0.1, 0.15) is 0 Å². The summed E-state index contributed by atoms with van der Waals surface area (Å²) < 4.78 is 0. The van der Waals surface area contributed by atoms with E-state index in [2.05, 4.69) is 40.9 Å². The molecular weight excluding hydrogens is 244 g/mol. The zero-order valence-electron chi connectivity index (χ0n) is 12.0. The summed E-state index contributed by atoms with van der Waals surface area (Å²) in [4.78, 5) is 0. The number of hydrogen-bond acceptors (Lipinski definition) is 2. The van der Waals surface area contributed by atoms with Gasteiger partial charge in [-0.1, -0.05) is 58.5 Å². The van der Waals surface area contributed by atoms with Crippen LogP contribution in [0.5, 0.6) is 0 Å². The van der Waals surface area contributed by atoms with Crippen LogP contribution in [-0.4, -0.2) is 5.54 Å². The fraction of sp³-hybridized carbons (Fsp3) is 0.600. The van der Waals surface area contributed by atoms with Crippen LogP contribution in [-0.2, 0) is 0 Å². The third-order valence-electron chi connectivity index (χ3n) is 3.43. The van der Waals surface area contributed by atoms with Gasteiger partial charge < -0.3 is 11.5 Å². The highest BCUT2D eigenvalue weighted by molar-refractivity contribution is 6.30. The van der Waals surface area contributed by atoms with Crippen LogP contribution < -0.4 is 11.5 Å². The molecule has 0 spiro atoms. The average Bonchev–Trinajstić information content (AvgIpc) is 2.14. The average molecular weight is 271 g/mol. The highest BCUT2D eigenvalue weighted by Gasteiger charge is 2.38. The van der Waals surface area contributed by atoms with E-state index in [1.54, 1.807) is 0 Å². The quantitative estimate of drug-likeness (QED) is 0.692. The molecule has 0 fully saturated rings. The number of rotatable bonds is 7. The minimum Gasteiger partial charge on any atom is -0.402 e. The summed E-state index contributed by atoms with van der Waals surface area (Å²) in [5.41, 5.74) is 12.6. The first-order valence-corrected chi connectivity index (χ1v) is 6.73. The lowest BCUT2D eigenvalue weighted by Gasteiger charge is -2.42. The second kappa shape index (κ2) is 7.01. The molecule has 0 bridgehead atoms. The molecule has 0 saturated heterocycles. The summed E-state index contributed by atoms with van der Waals surface area (Å²) in [6.45, 7) is 16.0. The first kappa shape index (κ1) is 17.3. The van der Waals surface area contributed by atoms with Gasteiger partial charge in [0, 0.05) is 22.7 Å². The molecule has 3 heteroatoms. The van der Waals surface area contributed by atoms with E-state index in [0.29, 0.717) is 29.0 Å². The number of hydrogen-bond donors (Lipinski definition) is 2. The van der Waals surface area contributed by atoms with E-state index in [9.17, 15) is 0 Å². The van der Waals surface area contributed by atoms with E-state index < -0.39 is 5.54 Å². The molecule has 104 valence electrons. The second-order valence-corrected chi connectivity index (χ2v) is 6.16. The van der Waals surface area contributed by atoms with Crippen LogP contribution in [0.25, 0.3) is 0 Å². The zero-order chi connectivity index (χ0) is 14.5. The largest absolute Gasteiger partial charge is 0.402 e. The third kappa shape index (κ3) is 4.87. The first-order chi connectivity index (χ1) is 8.11. The maximum absolute atomic E-state index is 6.61. The molecular formula is C15H27ClN2. The van der Waals surface area contributed by atoms with Crippen molar-refractivity contribution in [3.8, 4) is 0 Å². The first-order valence-electron chi connectivity index (χ1n) is 6.36. The molecule has 0 aromatic heterocycles. The summed E-state index contributed by atoms with van der Waals surface area (Å²) in [6, 6.07) is 0. The molecule has 0 aliphatic heterocycles. The van der Waals surface area contributed by atoms with Gasteiger partial charge in [0.2, 0.25) is 0 Å². The van der Waals surface area contributed by atoms with Gasteiger partial charge in [-0.3, -0.25) is 0 Å². The second-order valence-electron chi connectivity index (χ2n) is 5.68. The van der Waals surface area contributed by atoms with Gasteiger partial charge in [-0.15, -0.1) is 0 Å². The molecule has 4 N–H and O–H groups in total. The van der Waals surface area contributed by atoms with E-state index >= 15 is 0 Å². The fourth-order valence-electron chi connectivity index (χ4n) is 2.33. The smallest absolute Gasteiger partial charge is 0.0331 e. The molecule has 18 heavy (non-hydrogen) atoms. The van der Waals surface area contributed by atoms with E-state index in [0.717, 1.165) is 0 Å². The Balaban J connectivity index is 5.36. The number of allylic oxidation sites excluding steroid dienone is 2. The van der Waals surface area contributed by atoms with Crippen LogP contribution in [0.2, 0.25) is 0 Å². The van der Waals surface area contributed by atoms with Gasteiger partial charge in [0.15, 0.2) is 0 Å². The van der Waals surface area contributed by atoms with Crippen LogP contribution in [0, 0.1) is 17.8 Å². The summed E-state index contributed by atoms with van der Waals surface area (Å²) >= 11 is 5.80. The maximum Gasteiger partial charge on any atom is 0.0331 e. The predicted octanol–water partition coefficient (Wildman–Crippen LogP) is 3.78. The lowest BCUT2D eigenvalue weighted by molar-refractivity contribution is 0.187. The molecule has 0 saturated carbocycles. The SMILES string of the molecule is C=C(Cl)/C=C/C(C(C)C)C(N)(CC(=C)N)C(C)C. The van der Waals surface area contributed by atoms with Crippen LogP contribution in [0.1, 0.15) is 34.1 Å². The van der Waals surface area contributed by atoms with Crippen molar-refractivity contribution in [3.05, 3.63) is 36.0 Å². The van der Waals surface area contributed by atoms with Crippen molar-refractivity contribution in [2.75, 3.05) is 0 Å². The Hall–Kier alpha value is -0.730. The van der Waals surface area contributed by atoms with Gasteiger partial charge in [-0.2, -0.15) is 0 Å². The molecule has 2 atom stereocenters. The van der Waals surface area contributed by atoms with Crippen molar-refractivity contribution in [3.63, 3.8) is 0 Å². The lowest BCUT2D eigenvalue weighted by atomic mass is 9.68. The Morgan fingerprint density at radius 3 is 2.06 bits per heavy atom. The summed E-state index contributed by atoms with van der Waals surface area (Å²) in [5.74, 6) is 0.857. The molecule has 0 aromatic carbocycles. The zero-order valence-corrected chi connectivity index (χ0v) is 12.8. The van der Waals surface area contributed by atoms with Crippen LogP contribution in [0.3, 0.4) is 0 Å². The van der Waals surface area contributed by atoms with Crippen molar-refractivity contribution in [1.29, 1.82) is 0 Å². The summed E-state index contributed by atoms with van der Waals surface area (Å²) in [6.07, 6.45) is 4.46. The van der Waals surface area contributed by atoms with E-state index in [4.69, 9.17) is 23.1 Å². The summed E-state index contributed by atoms with van der Waals surface area (Å²) in [7, 11) is 0. The highest BCUT2D eigenvalue weighted by Crippen LogP contribution is 2.35. The molecule has 0 aromatic rings. The molecule has 0 amide bonds. The van der Waals surface area contributed by atoms with Crippen molar-refractivity contribution in [2.24, 2.45) is 29.2 Å². The molecule has 0 rings (SSSR count). The van der Waals surface area contributed by atoms with Gasteiger partial charge in [-0.05, 0) is 23.8 Å². The van der Waals surface area contributed by atoms with Crippen molar-refractivity contribution in [2.45, 2.75) is 39.7 Å². The van der Waals surface area contributed by atoms with E-state index in [1.807, 2.05) is 12.2 Å². The molecule has 0 radical (unpaired) electrons. The van der Waals surface area contributed by atoms with Gasteiger partial charge in [-0.25, -0.2) is 0 Å². The maximum atomic E-state index is 6.61. The van der Waals surface area contributed by atoms with Crippen molar-refractivity contribution < 1.29 is 0 Å². The highest BCUT2D eigenvalue weighted by atomic mass is 35.5. The van der Waals surface area contributed by atoms with Crippen molar-refractivity contribution >= 4 is 11.6 Å². The van der Waals surface area contributed by atoms with Gasteiger partial charge in [0.25, 0.3) is 0 Å². The number of nitrogens with two attached hydrogens (primary N) is 2. The Morgan fingerprint density at radius 1 is 1.28 bits per heavy atom. The monoisotopic (exact) mass is 270 g/mol. The van der Waals surface area contributed by atoms with Gasteiger partial charge in [0.05, 0.1) is 0 Å². The van der Waals surface area contributed by atoms with E-state index in [1.165, 1.54) is 0 Å². The Labute approximate surface area is 117 Å². The Bertz CT molecular complexity index is 331. The van der Waals surface area contributed by atoms with Crippen molar-refractivity contribution in [1.82, 2.24) is 0 Å². The lowest BCUT2D eigenvalue weighted by Crippen LogP contribution is -2.53. The standard InChI is InChI=1S/C15H27ClN2/c1-10(2)14(8-7-12(5)16)15(18,11(3)4)9-13(6)17/h7-8,10-11,14H,5-6,9,17-18H2,1-4H3/b8-7+. The molecule has 0 aliphatic rings. The Morgan fingerprint density at radius 2 is 1.78 bits per heavy atom. The fourth-order valence-corrected chi connectivity index (χ4v) is 2.40. The third-order valence-corrected chi connectivity index (χ3v) is 3.56. The van der Waals surface area contributed by atoms with Gasteiger partial charge >= 0.3 is 0 Å². The van der Waals surface area contributed by atoms with Crippen LogP contribution >= 0.6 is 11.6 Å². The molecule has 2 nitrogen and oxygen atoms in total. The topological polar surface area (TPSA) is 52.0 Å². The molecule has 2 unspecified atom stereocenters.